The van der Waals surface area contributed by atoms with Crippen LogP contribution in [0.1, 0.15) is 11.3 Å². The summed E-state index contributed by atoms with van der Waals surface area (Å²) in [6.45, 7) is 0.884. The molecule has 4 rings (SSSR count). The molecule has 0 radical (unpaired) electrons. The lowest BCUT2D eigenvalue weighted by atomic mass is 10.2. The molecule has 2 aromatic heterocycles. The minimum absolute atomic E-state index is 0.0328. The van der Waals surface area contributed by atoms with Gasteiger partial charge in [-0.3, -0.25) is 4.79 Å². The highest BCUT2D eigenvalue weighted by molar-refractivity contribution is 7.99. The molecule has 0 aliphatic heterocycles. The van der Waals surface area contributed by atoms with E-state index in [1.165, 1.54) is 11.8 Å². The number of benzene rings is 2. The highest BCUT2D eigenvalue weighted by atomic mass is 32.2. The van der Waals surface area contributed by atoms with Crippen LogP contribution in [0.3, 0.4) is 0 Å². The summed E-state index contributed by atoms with van der Waals surface area (Å²) < 4.78 is 12.2. The molecular weight excluding hydrogens is 414 g/mol. The van der Waals surface area contributed by atoms with Gasteiger partial charge in [0.15, 0.2) is 0 Å². The van der Waals surface area contributed by atoms with Crippen molar-refractivity contribution in [3.05, 3.63) is 84.3 Å². The normalized spacial score (nSPS) is 10.7. The molecule has 158 valence electrons. The fourth-order valence-corrected chi connectivity index (χ4v) is 3.79. The number of rotatable bonds is 9. The number of hydrogen-bond donors (Lipinski definition) is 0. The lowest BCUT2D eigenvalue weighted by Gasteiger charge is -2.21. The molecule has 8 nitrogen and oxygen atoms in total. The third kappa shape index (κ3) is 5.32. The number of methoxy groups -OCH3 is 1. The molecule has 0 N–H and O–H groups in total. The van der Waals surface area contributed by atoms with Crippen LogP contribution >= 0.6 is 11.8 Å². The van der Waals surface area contributed by atoms with Gasteiger partial charge in [0.2, 0.25) is 11.1 Å². The number of aromatic nitrogens is 4. The van der Waals surface area contributed by atoms with Crippen molar-refractivity contribution < 1.29 is 13.9 Å². The Morgan fingerprint density at radius 1 is 1.06 bits per heavy atom. The van der Waals surface area contributed by atoms with E-state index in [-0.39, 0.29) is 11.7 Å². The summed E-state index contributed by atoms with van der Waals surface area (Å²) in [7, 11) is 1.61. The van der Waals surface area contributed by atoms with Crippen LogP contribution in [0, 0.1) is 0 Å². The van der Waals surface area contributed by atoms with Gasteiger partial charge in [0.1, 0.15) is 11.5 Å². The first-order chi connectivity index (χ1) is 15.2. The summed E-state index contributed by atoms with van der Waals surface area (Å²) in [4.78, 5) is 14.8. The van der Waals surface area contributed by atoms with Gasteiger partial charge in [-0.25, -0.2) is 0 Å². The molecule has 4 aromatic rings. The summed E-state index contributed by atoms with van der Waals surface area (Å²) in [5, 5.41) is 12.4. The quantitative estimate of drug-likeness (QED) is 0.371. The van der Waals surface area contributed by atoms with E-state index in [0.717, 1.165) is 22.8 Å². The predicted octanol–water partition coefficient (Wildman–Crippen LogP) is 3.59. The van der Waals surface area contributed by atoms with Crippen molar-refractivity contribution in [3.8, 4) is 11.4 Å². The molecule has 0 aliphatic carbocycles. The van der Waals surface area contributed by atoms with E-state index in [4.69, 9.17) is 9.15 Å². The Morgan fingerprint density at radius 2 is 1.87 bits per heavy atom. The second kappa shape index (κ2) is 9.94. The van der Waals surface area contributed by atoms with Gasteiger partial charge in [0.05, 0.1) is 31.4 Å². The number of nitrogens with zero attached hydrogens (tertiary/aromatic N) is 5. The average molecular weight is 436 g/mol. The summed E-state index contributed by atoms with van der Waals surface area (Å²) in [6, 6.07) is 20.9. The number of amides is 1. The molecular formula is C22H21N5O3S. The standard InChI is InChI=1S/C22H21N5O3S/c1-29-19-11-9-18(10-12-19)27-22(23-24-25-27)31-16-21(28)26(15-20-8-5-13-30-20)14-17-6-3-2-4-7-17/h2-13H,14-16H2,1H3. The molecule has 0 unspecified atom stereocenters. The fourth-order valence-electron chi connectivity index (χ4n) is 3.00. The van der Waals surface area contributed by atoms with E-state index in [1.807, 2.05) is 66.7 Å². The SMILES string of the molecule is COc1ccc(-n2nnnc2SCC(=O)N(Cc2ccccc2)Cc2ccco2)cc1. The number of thioether (sulfide) groups is 1. The predicted molar refractivity (Wildman–Crippen MR) is 116 cm³/mol. The van der Waals surface area contributed by atoms with Crippen molar-refractivity contribution in [1.82, 2.24) is 25.1 Å². The van der Waals surface area contributed by atoms with Gasteiger partial charge in [0, 0.05) is 6.54 Å². The number of carbonyl (C=O) groups is 1. The maximum absolute atomic E-state index is 13.1. The second-order valence-electron chi connectivity index (χ2n) is 6.67. The molecule has 2 aromatic carbocycles. The Hall–Kier alpha value is -3.59. The highest BCUT2D eigenvalue weighted by Crippen LogP contribution is 2.21. The zero-order valence-corrected chi connectivity index (χ0v) is 17.7. The van der Waals surface area contributed by atoms with E-state index < -0.39 is 0 Å². The summed E-state index contributed by atoms with van der Waals surface area (Å²) >= 11 is 1.29. The van der Waals surface area contributed by atoms with Crippen molar-refractivity contribution in [2.75, 3.05) is 12.9 Å². The maximum atomic E-state index is 13.1. The largest absolute Gasteiger partial charge is 0.497 e. The van der Waals surface area contributed by atoms with Crippen LogP contribution in [0.15, 0.2) is 82.6 Å². The Bertz CT molecular complexity index is 1100. The zero-order chi connectivity index (χ0) is 21.5. The first kappa shape index (κ1) is 20.7. The lowest BCUT2D eigenvalue weighted by molar-refractivity contribution is -0.129. The Labute approximate surface area is 183 Å². The van der Waals surface area contributed by atoms with Gasteiger partial charge in [-0.1, -0.05) is 42.1 Å². The summed E-state index contributed by atoms with van der Waals surface area (Å²) in [5.41, 5.74) is 1.84. The third-order valence-electron chi connectivity index (χ3n) is 4.58. The summed E-state index contributed by atoms with van der Waals surface area (Å²) in [5.74, 6) is 1.65. The van der Waals surface area contributed by atoms with Gasteiger partial charge in [-0.05, 0) is 52.4 Å². The topological polar surface area (TPSA) is 86.3 Å². The van der Waals surface area contributed by atoms with Crippen molar-refractivity contribution in [1.29, 1.82) is 0 Å². The van der Waals surface area contributed by atoms with E-state index in [9.17, 15) is 4.79 Å². The minimum Gasteiger partial charge on any atom is -0.497 e. The Kier molecular flexibility index (Phi) is 6.63. The molecule has 2 heterocycles. The van der Waals surface area contributed by atoms with E-state index >= 15 is 0 Å². The molecule has 0 saturated heterocycles. The zero-order valence-electron chi connectivity index (χ0n) is 16.9. The van der Waals surface area contributed by atoms with Crippen molar-refractivity contribution in [3.63, 3.8) is 0 Å². The van der Waals surface area contributed by atoms with E-state index in [0.29, 0.717) is 18.2 Å². The molecule has 0 aliphatic rings. The molecule has 0 atom stereocenters. The Balaban J connectivity index is 1.45. The van der Waals surface area contributed by atoms with Gasteiger partial charge in [-0.15, -0.1) is 5.10 Å². The average Bonchev–Trinajstić information content (AvgIpc) is 3.50. The lowest BCUT2D eigenvalue weighted by Crippen LogP contribution is -2.31. The van der Waals surface area contributed by atoms with E-state index in [1.54, 1.807) is 23.0 Å². The number of furan rings is 1. The molecule has 0 saturated carbocycles. The molecule has 0 bridgehead atoms. The molecule has 0 fully saturated rings. The molecule has 1 amide bonds. The highest BCUT2D eigenvalue weighted by Gasteiger charge is 2.18. The first-order valence-corrected chi connectivity index (χ1v) is 10.6. The third-order valence-corrected chi connectivity index (χ3v) is 5.48. The molecule has 0 spiro atoms. The van der Waals surface area contributed by atoms with Crippen LogP contribution < -0.4 is 4.74 Å². The van der Waals surface area contributed by atoms with Crippen LogP contribution in [0.5, 0.6) is 5.75 Å². The van der Waals surface area contributed by atoms with Crippen LogP contribution in [0.2, 0.25) is 0 Å². The molecule has 9 heteroatoms. The van der Waals surface area contributed by atoms with Gasteiger partial charge >= 0.3 is 0 Å². The molecule has 31 heavy (non-hydrogen) atoms. The monoisotopic (exact) mass is 435 g/mol. The number of carbonyl (C=O) groups excluding carboxylic acids is 1. The van der Waals surface area contributed by atoms with Crippen LogP contribution in [-0.4, -0.2) is 43.9 Å². The van der Waals surface area contributed by atoms with Gasteiger partial charge in [0.25, 0.3) is 0 Å². The van der Waals surface area contributed by atoms with Crippen molar-refractivity contribution >= 4 is 17.7 Å². The Morgan fingerprint density at radius 3 is 2.58 bits per heavy atom. The van der Waals surface area contributed by atoms with Crippen LogP contribution in [0.4, 0.5) is 0 Å². The van der Waals surface area contributed by atoms with Crippen molar-refractivity contribution in [2.24, 2.45) is 0 Å². The van der Waals surface area contributed by atoms with E-state index in [2.05, 4.69) is 15.5 Å². The summed E-state index contributed by atoms with van der Waals surface area (Å²) in [6.07, 6.45) is 1.61. The van der Waals surface area contributed by atoms with Crippen molar-refractivity contribution in [2.45, 2.75) is 18.2 Å². The fraction of sp³-hybridized carbons (Fsp3) is 0.182. The van der Waals surface area contributed by atoms with Gasteiger partial charge < -0.3 is 14.1 Å². The second-order valence-corrected chi connectivity index (χ2v) is 7.62. The maximum Gasteiger partial charge on any atom is 0.233 e. The van der Waals surface area contributed by atoms with Crippen LogP contribution in [0.25, 0.3) is 5.69 Å². The van der Waals surface area contributed by atoms with Gasteiger partial charge in [-0.2, -0.15) is 4.68 Å². The number of ether oxygens (including phenoxy) is 1. The van der Waals surface area contributed by atoms with Crippen LogP contribution in [-0.2, 0) is 17.9 Å². The minimum atomic E-state index is -0.0328. The first-order valence-electron chi connectivity index (χ1n) is 9.62. The number of tetrazole rings is 1. The smallest absolute Gasteiger partial charge is 0.233 e. The number of hydrogen-bond acceptors (Lipinski definition) is 7.